The highest BCUT2D eigenvalue weighted by molar-refractivity contribution is 6.41. The Kier molecular flexibility index (Phi) is 11.0. The first-order valence-corrected chi connectivity index (χ1v) is 18.1. The number of rotatable bonds is 11. The Balaban J connectivity index is 1.41. The molecule has 0 saturated heterocycles. The van der Waals surface area contributed by atoms with Gasteiger partial charge in [0.15, 0.2) is 5.82 Å². The molecule has 2 aliphatic carbocycles. The molecule has 1 aromatic carbocycles. The molecule has 1 unspecified atom stereocenters. The Labute approximate surface area is 291 Å². The summed E-state index contributed by atoms with van der Waals surface area (Å²) in [6.45, 7) is 16.4. The molecular weight excluding hydrogens is 622 g/mol. The first kappa shape index (κ1) is 36.0. The monoisotopic (exact) mass is 675 g/mol. The van der Waals surface area contributed by atoms with E-state index in [-0.39, 0.29) is 28.7 Å². The maximum absolute atomic E-state index is 14.7. The van der Waals surface area contributed by atoms with Gasteiger partial charge in [-0.05, 0) is 110 Å². The number of aromatic amines is 1. The van der Waals surface area contributed by atoms with Gasteiger partial charge in [0.1, 0.15) is 11.4 Å². The normalized spacial score (nSPS) is 22.4. The third kappa shape index (κ3) is 8.82. The van der Waals surface area contributed by atoms with Crippen molar-refractivity contribution in [3.05, 3.63) is 63.5 Å². The predicted octanol–water partition coefficient (Wildman–Crippen LogP) is 7.51. The van der Waals surface area contributed by atoms with Crippen LogP contribution in [-0.2, 0) is 22.4 Å². The number of halogens is 1. The number of aliphatic imine (C=N–C) groups is 1. The molecular formula is C38H54ClN7O2. The number of benzene rings is 1. The van der Waals surface area contributed by atoms with Crippen molar-refractivity contribution in [2.24, 2.45) is 21.7 Å². The number of nitrogens with zero attached hydrogens (tertiary/aromatic N) is 5. The number of tetrazole rings is 1. The first-order valence-electron chi connectivity index (χ1n) is 17.7. The van der Waals surface area contributed by atoms with Crippen molar-refractivity contribution in [2.45, 2.75) is 131 Å². The van der Waals surface area contributed by atoms with Crippen LogP contribution in [0.3, 0.4) is 0 Å². The van der Waals surface area contributed by atoms with Gasteiger partial charge < -0.3 is 10.2 Å². The summed E-state index contributed by atoms with van der Waals surface area (Å²) in [5.74, 6) is 1.25. The number of aromatic nitrogens is 4. The van der Waals surface area contributed by atoms with Crippen LogP contribution in [0.4, 0.5) is 0 Å². The van der Waals surface area contributed by atoms with Gasteiger partial charge in [-0.3, -0.25) is 14.6 Å². The lowest BCUT2D eigenvalue weighted by Gasteiger charge is -2.48. The Bertz CT molecular complexity index is 1530. The molecule has 260 valence electrons. The van der Waals surface area contributed by atoms with Gasteiger partial charge >= 0.3 is 0 Å². The zero-order valence-corrected chi connectivity index (χ0v) is 30.7. The molecule has 9 nitrogen and oxygen atoms in total. The van der Waals surface area contributed by atoms with Gasteiger partial charge in [0.2, 0.25) is 5.91 Å². The molecule has 1 aromatic heterocycles. The number of carbonyl (C=O) groups is 2. The van der Waals surface area contributed by atoms with Crippen LogP contribution in [0.25, 0.3) is 0 Å². The molecule has 0 radical (unpaired) electrons. The summed E-state index contributed by atoms with van der Waals surface area (Å²) in [4.78, 5) is 35.3. The number of hydrogen-bond donors (Lipinski definition) is 2. The van der Waals surface area contributed by atoms with E-state index in [1.807, 2.05) is 25.1 Å². The summed E-state index contributed by atoms with van der Waals surface area (Å²) in [6.07, 6.45) is 13.0. The third-order valence-electron chi connectivity index (χ3n) is 10.4. The van der Waals surface area contributed by atoms with Gasteiger partial charge in [0.05, 0.1) is 6.04 Å². The molecule has 10 heteroatoms. The Morgan fingerprint density at radius 2 is 1.85 bits per heavy atom. The van der Waals surface area contributed by atoms with E-state index in [4.69, 9.17) is 16.6 Å². The van der Waals surface area contributed by atoms with Gasteiger partial charge in [-0.25, -0.2) is 0 Å². The first-order chi connectivity index (χ1) is 22.6. The minimum Gasteiger partial charge on any atom is -0.352 e. The Hall–Kier alpha value is -3.33. The van der Waals surface area contributed by atoms with Gasteiger partial charge in [0, 0.05) is 30.0 Å². The molecule has 1 atom stereocenters. The lowest BCUT2D eigenvalue weighted by Crippen LogP contribution is -2.55. The number of hydrogen-bond acceptors (Lipinski definition) is 6. The zero-order chi connectivity index (χ0) is 34.7. The number of amides is 2. The Morgan fingerprint density at radius 3 is 2.46 bits per heavy atom. The fourth-order valence-corrected chi connectivity index (χ4v) is 7.97. The number of carbonyl (C=O) groups excluding carboxylic acids is 2. The van der Waals surface area contributed by atoms with Crippen LogP contribution >= 0.6 is 11.6 Å². The van der Waals surface area contributed by atoms with Crippen LogP contribution in [-0.4, -0.2) is 61.3 Å². The summed E-state index contributed by atoms with van der Waals surface area (Å²) in [5.41, 5.74) is 4.50. The van der Waals surface area contributed by atoms with Gasteiger partial charge in [-0.2, -0.15) is 5.21 Å². The highest BCUT2D eigenvalue weighted by Gasteiger charge is 2.52. The molecule has 0 bridgehead atoms. The van der Waals surface area contributed by atoms with E-state index in [0.717, 1.165) is 68.1 Å². The largest absolute Gasteiger partial charge is 0.352 e. The zero-order valence-electron chi connectivity index (χ0n) is 30.0. The van der Waals surface area contributed by atoms with E-state index in [1.54, 1.807) is 0 Å². The summed E-state index contributed by atoms with van der Waals surface area (Å²) >= 11 is 6.44. The molecule has 3 aliphatic rings. The SMILES string of the molecule is Cc1cc(Cl)cc(CC2=NC3(CCC(C(C)(C)C)CC3)N(C(CCC(C)(C)C)C3=CC=C(C(=O)NCCCc4nn[nH]n4)CC3)C2=O)c1. The van der Waals surface area contributed by atoms with Crippen LogP contribution in [0, 0.1) is 23.7 Å². The molecule has 2 amide bonds. The van der Waals surface area contributed by atoms with Crippen molar-refractivity contribution in [1.29, 1.82) is 0 Å². The Morgan fingerprint density at radius 1 is 1.10 bits per heavy atom. The molecule has 48 heavy (non-hydrogen) atoms. The standard InChI is InChI=1S/C38H54ClN7O2/c1-25-21-26(23-30(39)22-25)24-31-35(48)46(38(41-31)18-14-29(15-19-38)37(5,6)7)32(16-17-36(2,3)4)27-10-12-28(13-11-27)34(47)40-20-8-9-33-42-44-45-43-33/h10,12,21-23,29,32H,8-9,11,13-20,24H2,1-7H3,(H,40,47)(H,42,43,44,45). The number of allylic oxidation sites excluding steroid dienone is 2. The van der Waals surface area contributed by atoms with E-state index in [0.29, 0.717) is 48.3 Å². The maximum Gasteiger partial charge on any atom is 0.270 e. The molecule has 5 rings (SSSR count). The van der Waals surface area contributed by atoms with E-state index in [1.165, 1.54) is 5.57 Å². The summed E-state index contributed by atoms with van der Waals surface area (Å²) in [7, 11) is 0. The second-order valence-electron chi connectivity index (χ2n) is 16.4. The average molecular weight is 676 g/mol. The number of H-pyrrole nitrogens is 1. The summed E-state index contributed by atoms with van der Waals surface area (Å²) < 4.78 is 0. The highest BCUT2D eigenvalue weighted by atomic mass is 35.5. The van der Waals surface area contributed by atoms with Crippen molar-refractivity contribution in [3.8, 4) is 0 Å². The fraction of sp³-hybridized carbons (Fsp3) is 0.632. The van der Waals surface area contributed by atoms with Gasteiger partial charge in [-0.1, -0.05) is 76.6 Å². The molecule has 1 spiro atoms. The molecule has 1 fully saturated rings. The summed E-state index contributed by atoms with van der Waals surface area (Å²) in [6, 6.07) is 5.93. The fourth-order valence-electron chi connectivity index (χ4n) is 7.65. The van der Waals surface area contributed by atoms with E-state index in [2.05, 4.69) is 84.5 Å². The quantitative estimate of drug-likeness (QED) is 0.239. The predicted molar refractivity (Wildman–Crippen MR) is 192 cm³/mol. The van der Waals surface area contributed by atoms with E-state index in [9.17, 15) is 9.59 Å². The minimum atomic E-state index is -0.550. The van der Waals surface area contributed by atoms with Crippen molar-refractivity contribution in [2.75, 3.05) is 6.54 Å². The molecule has 2 N–H and O–H groups in total. The van der Waals surface area contributed by atoms with Crippen LogP contribution in [0.1, 0.15) is 116 Å². The van der Waals surface area contributed by atoms with Crippen LogP contribution in [0.5, 0.6) is 0 Å². The lowest BCUT2D eigenvalue weighted by atomic mass is 9.69. The third-order valence-corrected chi connectivity index (χ3v) is 10.6. The van der Waals surface area contributed by atoms with Crippen molar-refractivity contribution < 1.29 is 9.59 Å². The second kappa shape index (κ2) is 14.7. The van der Waals surface area contributed by atoms with Crippen molar-refractivity contribution in [1.82, 2.24) is 30.8 Å². The van der Waals surface area contributed by atoms with Crippen molar-refractivity contribution in [3.63, 3.8) is 0 Å². The van der Waals surface area contributed by atoms with Gasteiger partial charge in [-0.15, -0.1) is 10.2 Å². The highest BCUT2D eigenvalue weighted by Crippen LogP contribution is 2.49. The smallest absolute Gasteiger partial charge is 0.270 e. The summed E-state index contributed by atoms with van der Waals surface area (Å²) in [5, 5.41) is 17.7. The van der Waals surface area contributed by atoms with E-state index >= 15 is 0 Å². The average Bonchev–Trinajstić information content (AvgIpc) is 3.61. The molecule has 1 saturated carbocycles. The van der Waals surface area contributed by atoms with Gasteiger partial charge in [0.25, 0.3) is 5.91 Å². The second-order valence-corrected chi connectivity index (χ2v) is 16.8. The topological polar surface area (TPSA) is 116 Å². The maximum atomic E-state index is 14.7. The molecule has 1 aliphatic heterocycles. The number of nitrogens with one attached hydrogen (secondary N) is 2. The lowest BCUT2D eigenvalue weighted by molar-refractivity contribution is -0.132. The van der Waals surface area contributed by atoms with Crippen LogP contribution in [0.15, 0.2) is 46.5 Å². The molecule has 2 aromatic rings. The van der Waals surface area contributed by atoms with Crippen LogP contribution < -0.4 is 5.32 Å². The molecule has 2 heterocycles. The number of aryl methyl sites for hydroxylation is 2. The van der Waals surface area contributed by atoms with Crippen LogP contribution in [0.2, 0.25) is 5.02 Å². The van der Waals surface area contributed by atoms with Crippen molar-refractivity contribution >= 4 is 29.1 Å². The van der Waals surface area contributed by atoms with E-state index < -0.39 is 5.66 Å². The minimum absolute atomic E-state index is 0.0405.